The molecule has 1 aromatic heterocycles. The summed E-state index contributed by atoms with van der Waals surface area (Å²) in [5, 5.41) is 11.3. The van der Waals surface area contributed by atoms with Crippen LogP contribution in [0.1, 0.15) is 124 Å². The highest BCUT2D eigenvalue weighted by Gasteiger charge is 2.52. The fourth-order valence-corrected chi connectivity index (χ4v) is 6.37. The summed E-state index contributed by atoms with van der Waals surface area (Å²) in [5.74, 6) is -2.69. The molecule has 1 unspecified atom stereocenters. The van der Waals surface area contributed by atoms with E-state index in [1.807, 2.05) is 0 Å². The third kappa shape index (κ3) is 3.72. The third-order valence-electron chi connectivity index (χ3n) is 7.85. The van der Waals surface area contributed by atoms with Gasteiger partial charge in [0.2, 0.25) is 0 Å². The summed E-state index contributed by atoms with van der Waals surface area (Å²) in [4.78, 5) is 5.16. The van der Waals surface area contributed by atoms with Crippen molar-refractivity contribution >= 4 is 0 Å². The maximum Gasteiger partial charge on any atom is 0.270 e. The van der Waals surface area contributed by atoms with E-state index >= 15 is 0 Å². The van der Waals surface area contributed by atoms with Crippen LogP contribution in [0.2, 0.25) is 0 Å². The molecule has 2 heterocycles. The summed E-state index contributed by atoms with van der Waals surface area (Å²) < 4.78 is 34.6. The number of alkyl halides is 2. The zero-order chi connectivity index (χ0) is 23.8. The monoisotopic (exact) mass is 455 g/mol. The standard InChI is InChI=1S/C28H35F2NO2/c1-16(2)24-22-23(21-19(31-24)14-26(3,4)15-20(21)32)28(12-6-7-13-28)33-25(22)17-8-10-18(11-9-17)27(5,29)30/h8-11,16,20,25,32H,6-7,12-15H2,1-5H3/t20?,25-/m1/s1. The molecule has 1 spiro atoms. The minimum atomic E-state index is -2.87. The van der Waals surface area contributed by atoms with E-state index in [1.165, 1.54) is 12.1 Å². The van der Waals surface area contributed by atoms with E-state index in [9.17, 15) is 13.9 Å². The highest BCUT2D eigenvalue weighted by atomic mass is 19.3. The number of pyridine rings is 1. The second kappa shape index (κ2) is 7.58. The second-order valence-corrected chi connectivity index (χ2v) is 11.6. The molecule has 2 atom stereocenters. The zero-order valence-electron chi connectivity index (χ0n) is 20.3. The summed E-state index contributed by atoms with van der Waals surface area (Å²) in [6, 6.07) is 6.57. The maximum atomic E-state index is 13.8. The molecular formula is C28H35F2NO2. The summed E-state index contributed by atoms with van der Waals surface area (Å²) >= 11 is 0. The van der Waals surface area contributed by atoms with E-state index in [2.05, 4.69) is 27.7 Å². The number of rotatable bonds is 3. The molecule has 0 saturated heterocycles. The number of halogens is 2. The first-order valence-corrected chi connectivity index (χ1v) is 12.3. The molecule has 1 aliphatic heterocycles. The Balaban J connectivity index is 1.73. The lowest BCUT2D eigenvalue weighted by Crippen LogP contribution is -2.32. The van der Waals surface area contributed by atoms with Crippen LogP contribution >= 0.6 is 0 Å². The van der Waals surface area contributed by atoms with E-state index in [0.29, 0.717) is 6.42 Å². The fourth-order valence-electron chi connectivity index (χ4n) is 6.37. The van der Waals surface area contributed by atoms with Crippen molar-refractivity contribution in [2.45, 2.75) is 103 Å². The highest BCUT2D eigenvalue weighted by Crippen LogP contribution is 2.59. The number of aliphatic hydroxyl groups is 1. The number of aromatic nitrogens is 1. The van der Waals surface area contributed by atoms with Gasteiger partial charge in [0.15, 0.2) is 0 Å². The molecule has 2 aromatic rings. The summed E-state index contributed by atoms with van der Waals surface area (Å²) in [5.41, 5.74) is 5.69. The molecule has 2 aliphatic carbocycles. The molecule has 0 bridgehead atoms. The van der Waals surface area contributed by atoms with Crippen LogP contribution in [0.15, 0.2) is 24.3 Å². The van der Waals surface area contributed by atoms with Crippen LogP contribution in [0.4, 0.5) is 8.78 Å². The maximum absolute atomic E-state index is 13.8. The lowest BCUT2D eigenvalue weighted by atomic mass is 9.70. The average molecular weight is 456 g/mol. The quantitative estimate of drug-likeness (QED) is 0.532. The Morgan fingerprint density at radius 3 is 2.30 bits per heavy atom. The summed E-state index contributed by atoms with van der Waals surface area (Å²) in [6.45, 7) is 9.61. The van der Waals surface area contributed by atoms with Gasteiger partial charge in [-0.3, -0.25) is 4.98 Å². The molecule has 5 rings (SSSR count). The van der Waals surface area contributed by atoms with Crippen molar-refractivity contribution in [1.29, 1.82) is 0 Å². The first kappa shape index (κ1) is 22.9. The largest absolute Gasteiger partial charge is 0.388 e. The van der Waals surface area contributed by atoms with Crippen LogP contribution in [0.3, 0.4) is 0 Å². The van der Waals surface area contributed by atoms with Gasteiger partial charge in [0, 0.05) is 35.0 Å². The van der Waals surface area contributed by atoms with Gasteiger partial charge in [0.25, 0.3) is 5.92 Å². The molecule has 33 heavy (non-hydrogen) atoms. The van der Waals surface area contributed by atoms with E-state index in [4.69, 9.17) is 9.72 Å². The number of fused-ring (bicyclic) bond motifs is 4. The number of benzene rings is 1. The fraction of sp³-hybridized carbons (Fsp3) is 0.607. The predicted octanol–water partition coefficient (Wildman–Crippen LogP) is 7.21. The minimum Gasteiger partial charge on any atom is -0.388 e. The number of nitrogens with zero attached hydrogens (tertiary/aromatic N) is 1. The van der Waals surface area contributed by atoms with Gasteiger partial charge in [0.1, 0.15) is 6.10 Å². The van der Waals surface area contributed by atoms with E-state index < -0.39 is 17.6 Å². The Morgan fingerprint density at radius 1 is 1.09 bits per heavy atom. The van der Waals surface area contributed by atoms with Crippen LogP contribution < -0.4 is 0 Å². The lowest BCUT2D eigenvalue weighted by molar-refractivity contribution is -0.0581. The molecule has 3 nitrogen and oxygen atoms in total. The Bertz CT molecular complexity index is 1060. The van der Waals surface area contributed by atoms with Crippen molar-refractivity contribution < 1.29 is 18.6 Å². The van der Waals surface area contributed by atoms with E-state index in [1.54, 1.807) is 12.1 Å². The van der Waals surface area contributed by atoms with Crippen LogP contribution in [0.25, 0.3) is 0 Å². The van der Waals surface area contributed by atoms with Gasteiger partial charge in [-0.25, -0.2) is 8.78 Å². The van der Waals surface area contributed by atoms with Crippen molar-refractivity contribution in [3.05, 3.63) is 63.5 Å². The second-order valence-electron chi connectivity index (χ2n) is 11.6. The molecule has 1 saturated carbocycles. The molecule has 5 heteroatoms. The molecular weight excluding hydrogens is 420 g/mol. The average Bonchev–Trinajstić information content (AvgIpc) is 3.31. The topological polar surface area (TPSA) is 42.4 Å². The van der Waals surface area contributed by atoms with Crippen LogP contribution in [-0.4, -0.2) is 10.1 Å². The molecule has 1 N–H and O–H groups in total. The van der Waals surface area contributed by atoms with Crippen molar-refractivity contribution in [2.75, 3.05) is 0 Å². The van der Waals surface area contributed by atoms with Gasteiger partial charge in [-0.2, -0.15) is 0 Å². The molecule has 3 aliphatic rings. The number of hydrogen-bond donors (Lipinski definition) is 1. The van der Waals surface area contributed by atoms with Crippen molar-refractivity contribution in [1.82, 2.24) is 4.98 Å². The third-order valence-corrected chi connectivity index (χ3v) is 7.85. The number of hydrogen-bond acceptors (Lipinski definition) is 3. The van der Waals surface area contributed by atoms with Gasteiger partial charge in [0.05, 0.1) is 11.7 Å². The smallest absolute Gasteiger partial charge is 0.270 e. The van der Waals surface area contributed by atoms with Gasteiger partial charge >= 0.3 is 0 Å². The first-order valence-electron chi connectivity index (χ1n) is 12.3. The first-order chi connectivity index (χ1) is 15.4. The predicted molar refractivity (Wildman–Crippen MR) is 124 cm³/mol. The Kier molecular flexibility index (Phi) is 5.26. The SMILES string of the molecule is CC(C)c1nc2c(c3c1[C@@H](c1ccc(C(C)(F)F)cc1)OC31CCCC1)C(O)CC(C)(C)C2. The van der Waals surface area contributed by atoms with Crippen molar-refractivity contribution in [3.8, 4) is 0 Å². The van der Waals surface area contributed by atoms with Crippen molar-refractivity contribution in [2.24, 2.45) is 5.41 Å². The van der Waals surface area contributed by atoms with Gasteiger partial charge in [-0.1, -0.05) is 64.8 Å². The molecule has 1 aromatic carbocycles. The molecule has 0 radical (unpaired) electrons. The zero-order valence-corrected chi connectivity index (χ0v) is 20.3. The Morgan fingerprint density at radius 2 is 1.73 bits per heavy atom. The molecule has 0 amide bonds. The van der Waals surface area contributed by atoms with Crippen LogP contribution in [0, 0.1) is 5.41 Å². The summed E-state index contributed by atoms with van der Waals surface area (Å²) in [6.07, 6.45) is 4.65. The van der Waals surface area contributed by atoms with Gasteiger partial charge in [-0.15, -0.1) is 0 Å². The Hall–Kier alpha value is -1.85. The highest BCUT2D eigenvalue weighted by molar-refractivity contribution is 5.54. The number of aliphatic hydroxyl groups excluding tert-OH is 1. The van der Waals surface area contributed by atoms with Gasteiger partial charge < -0.3 is 9.84 Å². The number of ether oxygens (including phenoxy) is 1. The van der Waals surface area contributed by atoms with E-state index in [0.717, 1.165) is 72.7 Å². The normalized spacial score (nSPS) is 25.5. The Labute approximate surface area is 195 Å². The molecule has 178 valence electrons. The molecule has 1 fully saturated rings. The van der Waals surface area contributed by atoms with Crippen LogP contribution in [-0.2, 0) is 22.7 Å². The summed E-state index contributed by atoms with van der Waals surface area (Å²) in [7, 11) is 0. The minimum absolute atomic E-state index is 0.00496. The lowest BCUT2D eigenvalue weighted by Gasteiger charge is -2.38. The van der Waals surface area contributed by atoms with Crippen molar-refractivity contribution in [3.63, 3.8) is 0 Å². The van der Waals surface area contributed by atoms with Gasteiger partial charge in [-0.05, 0) is 48.1 Å². The van der Waals surface area contributed by atoms with E-state index in [-0.39, 0.29) is 23.0 Å². The van der Waals surface area contributed by atoms with Crippen LogP contribution in [0.5, 0.6) is 0 Å².